The summed E-state index contributed by atoms with van der Waals surface area (Å²) in [7, 11) is -4.52. The Morgan fingerprint density at radius 1 is 1.17 bits per heavy atom. The standard InChI is InChI=1S/C19H22N4O5S2/c1-12-9-10-14(11-17(12)30(27,28)23(3)4)21-19(24)13(2)20-18-15-7-5-6-8-16(15)29(25,26)22-18/h5-11,13H,1-4H3,(H,20,22)(H,21,24)/t13-/m0/s1. The molecule has 2 N–H and O–H groups in total. The molecule has 0 radical (unpaired) electrons. The van der Waals surface area contributed by atoms with Gasteiger partial charge in [0.1, 0.15) is 11.9 Å². The van der Waals surface area contributed by atoms with Crippen molar-refractivity contribution in [2.24, 2.45) is 4.99 Å². The Bertz CT molecular complexity index is 1250. The first-order valence-corrected chi connectivity index (χ1v) is 11.9. The maximum absolute atomic E-state index is 12.6. The number of nitrogens with zero attached hydrogens (tertiary/aromatic N) is 2. The molecule has 1 aliphatic heterocycles. The predicted octanol–water partition coefficient (Wildman–Crippen LogP) is 1.31. The van der Waals surface area contributed by atoms with E-state index in [-0.39, 0.29) is 15.6 Å². The summed E-state index contributed by atoms with van der Waals surface area (Å²) in [5.74, 6) is -0.420. The van der Waals surface area contributed by atoms with E-state index in [0.29, 0.717) is 16.8 Å². The number of anilines is 1. The number of amides is 1. The van der Waals surface area contributed by atoms with Crippen molar-refractivity contribution in [3.63, 3.8) is 0 Å². The highest BCUT2D eigenvalue weighted by Crippen LogP contribution is 2.24. The van der Waals surface area contributed by atoms with Crippen molar-refractivity contribution < 1.29 is 21.6 Å². The molecule has 1 amide bonds. The minimum absolute atomic E-state index is 0.0850. The minimum atomic E-state index is -3.70. The van der Waals surface area contributed by atoms with Crippen LogP contribution in [-0.4, -0.2) is 53.0 Å². The molecular formula is C19H22N4O5S2. The van der Waals surface area contributed by atoms with Gasteiger partial charge in [0.25, 0.3) is 10.0 Å². The molecule has 1 aliphatic rings. The van der Waals surface area contributed by atoms with Crippen molar-refractivity contribution in [2.45, 2.75) is 29.7 Å². The molecule has 0 aliphatic carbocycles. The fourth-order valence-electron chi connectivity index (χ4n) is 2.88. The summed E-state index contributed by atoms with van der Waals surface area (Å²) in [5.41, 5.74) is 1.24. The van der Waals surface area contributed by atoms with Crippen LogP contribution in [0.4, 0.5) is 5.69 Å². The second-order valence-electron chi connectivity index (χ2n) is 7.01. The van der Waals surface area contributed by atoms with Gasteiger partial charge in [-0.05, 0) is 43.7 Å². The molecule has 0 bridgehead atoms. The van der Waals surface area contributed by atoms with Gasteiger partial charge in [0.05, 0.1) is 9.79 Å². The number of nitrogens with one attached hydrogen (secondary N) is 2. The predicted molar refractivity (Wildman–Crippen MR) is 113 cm³/mol. The van der Waals surface area contributed by atoms with E-state index < -0.39 is 32.0 Å². The smallest absolute Gasteiger partial charge is 0.263 e. The van der Waals surface area contributed by atoms with Gasteiger partial charge in [0.2, 0.25) is 15.9 Å². The fraction of sp³-hybridized carbons (Fsp3) is 0.263. The van der Waals surface area contributed by atoms with Gasteiger partial charge in [-0.25, -0.2) is 21.1 Å². The Morgan fingerprint density at radius 3 is 2.50 bits per heavy atom. The first-order valence-electron chi connectivity index (χ1n) is 8.97. The van der Waals surface area contributed by atoms with E-state index in [1.165, 1.54) is 33.2 Å². The van der Waals surface area contributed by atoms with Gasteiger partial charge >= 0.3 is 0 Å². The van der Waals surface area contributed by atoms with Crippen molar-refractivity contribution in [1.82, 2.24) is 9.03 Å². The van der Waals surface area contributed by atoms with Crippen molar-refractivity contribution in [2.75, 3.05) is 19.4 Å². The Hall–Kier alpha value is -2.76. The number of fused-ring (bicyclic) bond motifs is 1. The van der Waals surface area contributed by atoms with E-state index in [2.05, 4.69) is 15.0 Å². The van der Waals surface area contributed by atoms with Gasteiger partial charge in [-0.3, -0.25) is 14.5 Å². The largest absolute Gasteiger partial charge is 0.324 e. The first kappa shape index (κ1) is 21.9. The lowest BCUT2D eigenvalue weighted by Gasteiger charge is -2.15. The van der Waals surface area contributed by atoms with Crippen molar-refractivity contribution in [3.8, 4) is 0 Å². The highest BCUT2D eigenvalue weighted by molar-refractivity contribution is 7.90. The third-order valence-corrected chi connectivity index (χ3v) is 7.93. The average Bonchev–Trinajstić information content (AvgIpc) is 2.93. The number of carbonyl (C=O) groups excluding carboxylic acids is 1. The summed E-state index contributed by atoms with van der Waals surface area (Å²) >= 11 is 0. The molecule has 11 heteroatoms. The van der Waals surface area contributed by atoms with Crippen LogP contribution < -0.4 is 10.0 Å². The summed E-state index contributed by atoms with van der Waals surface area (Å²) in [6.45, 7) is 3.18. The number of hydrogen-bond donors (Lipinski definition) is 2. The van der Waals surface area contributed by atoms with Crippen molar-refractivity contribution >= 4 is 37.5 Å². The summed E-state index contributed by atoms with van der Waals surface area (Å²) in [6, 6.07) is 10.0. The molecule has 0 fully saturated rings. The number of aliphatic imine (C=N–C) groups is 1. The van der Waals surface area contributed by atoms with Gasteiger partial charge in [-0.15, -0.1) is 0 Å². The van der Waals surface area contributed by atoms with Crippen LogP contribution >= 0.6 is 0 Å². The summed E-state index contributed by atoms with van der Waals surface area (Å²) in [6.07, 6.45) is 0. The molecule has 0 spiro atoms. The topological polar surface area (TPSA) is 125 Å². The summed E-state index contributed by atoms with van der Waals surface area (Å²) in [4.78, 5) is 17.0. The zero-order valence-electron chi connectivity index (χ0n) is 16.9. The number of benzene rings is 2. The molecule has 160 valence electrons. The minimum Gasteiger partial charge on any atom is -0.324 e. The molecule has 0 aromatic heterocycles. The lowest BCUT2D eigenvalue weighted by molar-refractivity contribution is -0.117. The van der Waals surface area contributed by atoms with E-state index in [0.717, 1.165) is 4.31 Å². The van der Waals surface area contributed by atoms with E-state index >= 15 is 0 Å². The van der Waals surface area contributed by atoms with Crippen LogP contribution in [0.25, 0.3) is 0 Å². The van der Waals surface area contributed by atoms with E-state index in [1.54, 1.807) is 37.3 Å². The maximum atomic E-state index is 12.6. The molecular weight excluding hydrogens is 428 g/mol. The monoisotopic (exact) mass is 450 g/mol. The Balaban J connectivity index is 1.85. The number of aryl methyl sites for hydroxylation is 1. The molecule has 0 saturated heterocycles. The third-order valence-electron chi connectivity index (χ3n) is 4.58. The van der Waals surface area contributed by atoms with Crippen molar-refractivity contribution in [1.29, 1.82) is 0 Å². The fourth-order valence-corrected chi connectivity index (χ4v) is 5.26. The molecule has 9 nitrogen and oxygen atoms in total. The van der Waals surface area contributed by atoms with Crippen LogP contribution in [0.3, 0.4) is 0 Å². The van der Waals surface area contributed by atoms with Crippen LogP contribution in [0.1, 0.15) is 18.1 Å². The Kier molecular flexibility index (Phi) is 5.72. The lowest BCUT2D eigenvalue weighted by Crippen LogP contribution is -2.29. The molecule has 2 aromatic rings. The Morgan fingerprint density at radius 2 is 1.83 bits per heavy atom. The number of hydrogen-bond acceptors (Lipinski definition) is 6. The average molecular weight is 451 g/mol. The first-order chi connectivity index (χ1) is 13.9. The molecule has 30 heavy (non-hydrogen) atoms. The molecule has 0 unspecified atom stereocenters. The van der Waals surface area contributed by atoms with Crippen LogP contribution in [0, 0.1) is 6.92 Å². The summed E-state index contributed by atoms with van der Waals surface area (Å²) in [5, 5.41) is 2.63. The molecule has 3 rings (SSSR count). The highest BCUT2D eigenvalue weighted by atomic mass is 32.2. The number of amidine groups is 1. The van der Waals surface area contributed by atoms with E-state index in [9.17, 15) is 21.6 Å². The van der Waals surface area contributed by atoms with Crippen LogP contribution in [0.5, 0.6) is 0 Å². The van der Waals surface area contributed by atoms with Gasteiger partial charge in [0.15, 0.2) is 0 Å². The molecule has 2 aromatic carbocycles. The third kappa shape index (κ3) is 4.09. The van der Waals surface area contributed by atoms with Gasteiger partial charge < -0.3 is 5.32 Å². The van der Waals surface area contributed by atoms with Crippen molar-refractivity contribution in [3.05, 3.63) is 53.6 Å². The Labute approximate surface area is 175 Å². The SMILES string of the molecule is Cc1ccc(NC(=O)[C@H](C)N=C2NS(=O)(=O)c3ccccc32)cc1S(=O)(=O)N(C)C. The summed E-state index contributed by atoms with van der Waals surface area (Å²) < 4.78 is 52.7. The molecule has 0 saturated carbocycles. The number of sulfonamides is 2. The quantitative estimate of drug-likeness (QED) is 0.711. The zero-order valence-corrected chi connectivity index (χ0v) is 18.5. The maximum Gasteiger partial charge on any atom is 0.263 e. The van der Waals surface area contributed by atoms with E-state index in [4.69, 9.17) is 0 Å². The van der Waals surface area contributed by atoms with Crippen LogP contribution in [0.15, 0.2) is 57.2 Å². The second kappa shape index (κ2) is 7.82. The highest BCUT2D eigenvalue weighted by Gasteiger charge is 2.31. The molecule has 1 heterocycles. The van der Waals surface area contributed by atoms with Gasteiger partial charge in [0, 0.05) is 25.3 Å². The number of rotatable bonds is 5. The van der Waals surface area contributed by atoms with E-state index in [1.807, 2.05) is 0 Å². The molecule has 1 atom stereocenters. The van der Waals surface area contributed by atoms with Gasteiger partial charge in [-0.1, -0.05) is 18.2 Å². The zero-order chi connectivity index (χ0) is 22.3. The second-order valence-corrected chi connectivity index (χ2v) is 10.8. The van der Waals surface area contributed by atoms with Gasteiger partial charge in [-0.2, -0.15) is 0 Å². The van der Waals surface area contributed by atoms with Crippen LogP contribution in [0.2, 0.25) is 0 Å². The normalized spacial score (nSPS) is 17.4. The number of carbonyl (C=O) groups is 1. The van der Waals surface area contributed by atoms with Crippen LogP contribution in [-0.2, 0) is 24.8 Å². The lowest BCUT2D eigenvalue weighted by atomic mass is 10.2.